The lowest BCUT2D eigenvalue weighted by atomic mass is 10.1. The van der Waals surface area contributed by atoms with Gasteiger partial charge in [0, 0.05) is 24.5 Å². The van der Waals surface area contributed by atoms with Gasteiger partial charge in [-0.3, -0.25) is 0 Å². The van der Waals surface area contributed by atoms with Crippen molar-refractivity contribution in [2.75, 3.05) is 0 Å². The highest BCUT2D eigenvalue weighted by atomic mass is 15.3. The van der Waals surface area contributed by atoms with Gasteiger partial charge in [-0.05, 0) is 49.4 Å². The van der Waals surface area contributed by atoms with Crippen LogP contribution in [0.4, 0.5) is 0 Å². The van der Waals surface area contributed by atoms with Gasteiger partial charge in [0.15, 0.2) is 5.82 Å². The third kappa shape index (κ3) is 3.07. The molecule has 3 rings (SSSR count). The highest BCUT2D eigenvalue weighted by Crippen LogP contribution is 2.20. The van der Waals surface area contributed by atoms with E-state index in [2.05, 4.69) is 47.4 Å². The lowest BCUT2D eigenvalue weighted by Gasteiger charge is -2.08. The second kappa shape index (κ2) is 5.37. The molecule has 0 saturated heterocycles. The fourth-order valence-electron chi connectivity index (χ4n) is 2.26. The second-order valence-electron chi connectivity index (χ2n) is 5.97. The largest absolute Gasteiger partial charge is 0.310 e. The molecule has 0 radical (unpaired) electrons. The van der Waals surface area contributed by atoms with Crippen LogP contribution in [0.1, 0.15) is 49.6 Å². The maximum atomic E-state index is 4.60. The molecule has 0 aliphatic heterocycles. The molecule has 20 heavy (non-hydrogen) atoms. The van der Waals surface area contributed by atoms with Crippen LogP contribution < -0.4 is 5.32 Å². The molecule has 0 spiro atoms. The Morgan fingerprint density at radius 3 is 2.80 bits per heavy atom. The Hall–Kier alpha value is -1.68. The van der Waals surface area contributed by atoms with E-state index in [1.807, 2.05) is 17.8 Å². The normalized spacial score (nSPS) is 15.0. The smallest absolute Gasteiger partial charge is 0.153 e. The molecular weight excluding hydrogens is 248 g/mol. The molecule has 2 heterocycles. The fraction of sp³-hybridized carbons (Fsp3) is 0.500. The molecular formula is C16H22N4. The molecule has 1 saturated carbocycles. The number of aryl methyl sites for hydroxylation is 1. The number of hydrogen-bond acceptors (Lipinski definition) is 3. The molecule has 0 amide bonds. The summed E-state index contributed by atoms with van der Waals surface area (Å²) in [6.07, 6.45) is 4.62. The number of rotatable bonds is 5. The summed E-state index contributed by atoms with van der Waals surface area (Å²) in [5, 5.41) is 8.15. The Kier molecular flexibility index (Phi) is 3.57. The predicted molar refractivity (Wildman–Crippen MR) is 80.0 cm³/mol. The standard InChI is InChI=1S/C16H22N4/c1-11(2)15-6-7-20(19-15)16-9-13(8-12(3)18-16)10-17-14-4-5-14/h6-9,11,14,17H,4-5,10H2,1-3H3. The summed E-state index contributed by atoms with van der Waals surface area (Å²) in [5.74, 6) is 1.35. The quantitative estimate of drug-likeness (QED) is 0.908. The van der Waals surface area contributed by atoms with Gasteiger partial charge in [0.2, 0.25) is 0 Å². The van der Waals surface area contributed by atoms with Gasteiger partial charge >= 0.3 is 0 Å². The number of nitrogens with one attached hydrogen (secondary N) is 1. The van der Waals surface area contributed by atoms with E-state index in [1.165, 1.54) is 18.4 Å². The number of hydrogen-bond donors (Lipinski definition) is 1. The molecule has 1 aliphatic carbocycles. The monoisotopic (exact) mass is 270 g/mol. The zero-order valence-corrected chi connectivity index (χ0v) is 12.4. The Morgan fingerprint density at radius 1 is 1.35 bits per heavy atom. The van der Waals surface area contributed by atoms with Crippen LogP contribution >= 0.6 is 0 Å². The fourth-order valence-corrected chi connectivity index (χ4v) is 2.26. The third-order valence-electron chi connectivity index (χ3n) is 3.61. The van der Waals surface area contributed by atoms with Crippen molar-refractivity contribution in [3.63, 3.8) is 0 Å². The SMILES string of the molecule is Cc1cc(CNC2CC2)cc(-n2ccc(C(C)C)n2)n1. The Morgan fingerprint density at radius 2 is 2.15 bits per heavy atom. The summed E-state index contributed by atoms with van der Waals surface area (Å²) < 4.78 is 1.88. The molecule has 1 N–H and O–H groups in total. The second-order valence-corrected chi connectivity index (χ2v) is 5.97. The highest BCUT2D eigenvalue weighted by Gasteiger charge is 2.20. The van der Waals surface area contributed by atoms with Gasteiger partial charge in [0.1, 0.15) is 0 Å². The van der Waals surface area contributed by atoms with Gasteiger partial charge in [-0.15, -0.1) is 0 Å². The minimum atomic E-state index is 0.442. The van der Waals surface area contributed by atoms with E-state index < -0.39 is 0 Å². The average Bonchev–Trinajstić information content (AvgIpc) is 3.09. The Labute approximate surface area is 120 Å². The van der Waals surface area contributed by atoms with Crippen LogP contribution in [0.25, 0.3) is 5.82 Å². The van der Waals surface area contributed by atoms with Crippen molar-refractivity contribution in [1.82, 2.24) is 20.1 Å². The zero-order chi connectivity index (χ0) is 14.1. The van der Waals surface area contributed by atoms with E-state index in [0.717, 1.165) is 29.8 Å². The van der Waals surface area contributed by atoms with Gasteiger partial charge in [0.25, 0.3) is 0 Å². The Bertz CT molecular complexity index is 596. The molecule has 1 fully saturated rings. The maximum absolute atomic E-state index is 4.60. The molecule has 0 aromatic carbocycles. The minimum Gasteiger partial charge on any atom is -0.310 e. The van der Waals surface area contributed by atoms with Crippen molar-refractivity contribution < 1.29 is 0 Å². The van der Waals surface area contributed by atoms with Gasteiger partial charge in [-0.25, -0.2) is 9.67 Å². The van der Waals surface area contributed by atoms with E-state index in [0.29, 0.717) is 5.92 Å². The first-order chi connectivity index (χ1) is 9.61. The molecule has 0 unspecified atom stereocenters. The van der Waals surface area contributed by atoms with Crippen molar-refractivity contribution in [3.05, 3.63) is 41.3 Å². The number of aromatic nitrogens is 3. The first-order valence-corrected chi connectivity index (χ1v) is 7.38. The molecule has 0 bridgehead atoms. The minimum absolute atomic E-state index is 0.442. The Balaban J connectivity index is 1.83. The lowest BCUT2D eigenvalue weighted by Crippen LogP contribution is -2.16. The molecule has 4 nitrogen and oxygen atoms in total. The van der Waals surface area contributed by atoms with Crippen LogP contribution in [0.2, 0.25) is 0 Å². The molecule has 2 aromatic rings. The summed E-state index contributed by atoms with van der Waals surface area (Å²) in [4.78, 5) is 4.59. The summed E-state index contributed by atoms with van der Waals surface area (Å²) in [5.41, 5.74) is 3.42. The summed E-state index contributed by atoms with van der Waals surface area (Å²) >= 11 is 0. The van der Waals surface area contributed by atoms with Crippen LogP contribution in [0.5, 0.6) is 0 Å². The lowest BCUT2D eigenvalue weighted by molar-refractivity contribution is 0.684. The van der Waals surface area contributed by atoms with Crippen molar-refractivity contribution in [1.29, 1.82) is 0 Å². The zero-order valence-electron chi connectivity index (χ0n) is 12.4. The predicted octanol–water partition coefficient (Wildman–Crippen LogP) is 2.95. The van der Waals surface area contributed by atoms with Gasteiger partial charge in [-0.1, -0.05) is 13.8 Å². The van der Waals surface area contributed by atoms with Crippen molar-refractivity contribution in [2.45, 2.75) is 52.1 Å². The van der Waals surface area contributed by atoms with Crippen molar-refractivity contribution in [2.24, 2.45) is 0 Å². The van der Waals surface area contributed by atoms with E-state index in [1.54, 1.807) is 0 Å². The molecule has 4 heteroatoms. The number of pyridine rings is 1. The van der Waals surface area contributed by atoms with E-state index >= 15 is 0 Å². The summed E-state index contributed by atoms with van der Waals surface area (Å²) in [6.45, 7) is 7.26. The molecule has 0 atom stereocenters. The van der Waals surface area contributed by atoms with Gasteiger partial charge in [0.05, 0.1) is 5.69 Å². The van der Waals surface area contributed by atoms with Crippen LogP contribution in [0, 0.1) is 6.92 Å². The maximum Gasteiger partial charge on any atom is 0.153 e. The van der Waals surface area contributed by atoms with Gasteiger partial charge in [-0.2, -0.15) is 5.10 Å². The molecule has 106 valence electrons. The van der Waals surface area contributed by atoms with E-state index in [4.69, 9.17) is 0 Å². The number of nitrogens with zero attached hydrogens (tertiary/aromatic N) is 3. The van der Waals surface area contributed by atoms with E-state index in [9.17, 15) is 0 Å². The average molecular weight is 270 g/mol. The first-order valence-electron chi connectivity index (χ1n) is 7.38. The van der Waals surface area contributed by atoms with Crippen LogP contribution in [0.15, 0.2) is 24.4 Å². The van der Waals surface area contributed by atoms with Crippen molar-refractivity contribution >= 4 is 0 Å². The van der Waals surface area contributed by atoms with Crippen LogP contribution in [-0.2, 0) is 6.54 Å². The summed E-state index contributed by atoms with van der Waals surface area (Å²) in [7, 11) is 0. The third-order valence-corrected chi connectivity index (χ3v) is 3.61. The van der Waals surface area contributed by atoms with Crippen LogP contribution in [-0.4, -0.2) is 20.8 Å². The highest BCUT2D eigenvalue weighted by molar-refractivity contribution is 5.30. The van der Waals surface area contributed by atoms with Crippen molar-refractivity contribution in [3.8, 4) is 5.82 Å². The summed E-state index contributed by atoms with van der Waals surface area (Å²) in [6, 6.07) is 7.06. The first kappa shape index (κ1) is 13.3. The molecule has 2 aromatic heterocycles. The van der Waals surface area contributed by atoms with Gasteiger partial charge < -0.3 is 5.32 Å². The topological polar surface area (TPSA) is 42.7 Å². The van der Waals surface area contributed by atoms with Crippen LogP contribution in [0.3, 0.4) is 0 Å². The van der Waals surface area contributed by atoms with E-state index in [-0.39, 0.29) is 0 Å². The molecule has 1 aliphatic rings.